The summed E-state index contributed by atoms with van der Waals surface area (Å²) in [6.45, 7) is 4.81. The quantitative estimate of drug-likeness (QED) is 0.379. The highest BCUT2D eigenvalue weighted by molar-refractivity contribution is 5.90. The van der Waals surface area contributed by atoms with E-state index in [2.05, 4.69) is 23.1 Å². The third-order valence-corrected chi connectivity index (χ3v) is 7.30. The summed E-state index contributed by atoms with van der Waals surface area (Å²) in [6, 6.07) is 18.3. The van der Waals surface area contributed by atoms with Crippen molar-refractivity contribution in [2.45, 2.75) is 12.5 Å². The molecule has 0 amide bonds. The molecule has 190 valence electrons. The first-order valence-corrected chi connectivity index (χ1v) is 12.5. The molecule has 4 aromatic rings. The fourth-order valence-electron chi connectivity index (χ4n) is 5.37. The Morgan fingerprint density at radius 3 is 2.57 bits per heavy atom. The van der Waals surface area contributed by atoms with E-state index in [0.717, 1.165) is 66.1 Å². The van der Waals surface area contributed by atoms with Crippen molar-refractivity contribution in [3.8, 4) is 23.1 Å². The third-order valence-electron chi connectivity index (χ3n) is 7.30. The number of nitrogens with zero attached hydrogens (tertiary/aromatic N) is 3. The summed E-state index contributed by atoms with van der Waals surface area (Å²) in [4.78, 5) is 7.06. The molecular formula is C29H30N4O4. The SMILES string of the molecule is COc1ccc([C@H]2c3c(ncn(CCN4CCOCC4)c3=N)Oc3ccc4ccccc4c32)cc1OC. The number of hydrogen-bond donors (Lipinski definition) is 1. The standard InChI is InChI=1S/C29H30N4O4/c1-34-22-9-8-20(17-24(22)35-2)25-26-21-6-4-3-5-19(21)7-10-23(26)37-29-27(25)28(30)33(18-31-29)12-11-32-13-15-36-16-14-32/h3-10,17-18,25,30H,11-16H2,1-2H3/t25-/m1/s1. The monoisotopic (exact) mass is 498 g/mol. The van der Waals surface area contributed by atoms with E-state index < -0.39 is 0 Å². The Balaban J connectivity index is 1.51. The maximum absolute atomic E-state index is 9.29. The molecule has 1 saturated heterocycles. The third kappa shape index (κ3) is 4.22. The van der Waals surface area contributed by atoms with Gasteiger partial charge in [-0.2, -0.15) is 0 Å². The largest absolute Gasteiger partial charge is 0.493 e. The maximum Gasteiger partial charge on any atom is 0.228 e. The van der Waals surface area contributed by atoms with Gasteiger partial charge in [-0.3, -0.25) is 10.3 Å². The molecule has 37 heavy (non-hydrogen) atoms. The first-order chi connectivity index (χ1) is 18.2. The summed E-state index contributed by atoms with van der Waals surface area (Å²) in [5.74, 6) is 2.26. The lowest BCUT2D eigenvalue weighted by molar-refractivity contribution is 0.0362. The zero-order chi connectivity index (χ0) is 25.4. The van der Waals surface area contributed by atoms with Gasteiger partial charge in [-0.25, -0.2) is 4.98 Å². The molecule has 1 aromatic heterocycles. The van der Waals surface area contributed by atoms with Gasteiger partial charge in [-0.1, -0.05) is 36.4 Å². The molecular weight excluding hydrogens is 468 g/mol. The average molecular weight is 499 g/mol. The van der Waals surface area contributed by atoms with Crippen LogP contribution in [0.15, 0.2) is 60.9 Å². The Labute approximate surface area is 215 Å². The van der Waals surface area contributed by atoms with E-state index in [4.69, 9.17) is 23.9 Å². The van der Waals surface area contributed by atoms with Crippen molar-refractivity contribution in [2.75, 3.05) is 47.1 Å². The highest BCUT2D eigenvalue weighted by Gasteiger charge is 2.34. The van der Waals surface area contributed by atoms with Crippen molar-refractivity contribution >= 4 is 10.8 Å². The van der Waals surface area contributed by atoms with E-state index >= 15 is 0 Å². The number of ether oxygens (including phenoxy) is 4. The smallest absolute Gasteiger partial charge is 0.228 e. The van der Waals surface area contributed by atoms with Gasteiger partial charge < -0.3 is 23.5 Å². The Kier molecular flexibility index (Phi) is 6.28. The van der Waals surface area contributed by atoms with Crippen molar-refractivity contribution in [1.82, 2.24) is 14.5 Å². The Morgan fingerprint density at radius 1 is 0.946 bits per heavy atom. The van der Waals surface area contributed by atoms with Gasteiger partial charge in [-0.15, -0.1) is 0 Å². The van der Waals surface area contributed by atoms with Crippen molar-refractivity contribution < 1.29 is 18.9 Å². The maximum atomic E-state index is 9.29. The second-order valence-electron chi connectivity index (χ2n) is 9.31. The van der Waals surface area contributed by atoms with Gasteiger partial charge in [0.1, 0.15) is 17.6 Å². The molecule has 6 rings (SSSR count). The van der Waals surface area contributed by atoms with Crippen molar-refractivity contribution in [1.29, 1.82) is 5.41 Å². The normalized spacial score (nSPS) is 17.1. The van der Waals surface area contributed by atoms with Crippen LogP contribution in [0.4, 0.5) is 0 Å². The molecule has 0 aliphatic carbocycles. The molecule has 8 heteroatoms. The molecule has 2 aliphatic heterocycles. The van der Waals surface area contributed by atoms with E-state index in [1.807, 2.05) is 41.0 Å². The first kappa shape index (κ1) is 23.5. The van der Waals surface area contributed by atoms with Crippen LogP contribution in [-0.4, -0.2) is 61.5 Å². The average Bonchev–Trinajstić information content (AvgIpc) is 2.95. The number of hydrogen-bond acceptors (Lipinski definition) is 7. The molecule has 3 heterocycles. The minimum Gasteiger partial charge on any atom is -0.493 e. The molecule has 0 spiro atoms. The second kappa shape index (κ2) is 9.88. The van der Waals surface area contributed by atoms with Crippen molar-refractivity contribution in [3.63, 3.8) is 0 Å². The lowest BCUT2D eigenvalue weighted by atomic mass is 9.81. The van der Waals surface area contributed by atoms with Crippen molar-refractivity contribution in [2.24, 2.45) is 0 Å². The minimum absolute atomic E-state index is 0.263. The summed E-state index contributed by atoms with van der Waals surface area (Å²) < 4.78 is 24.9. The summed E-state index contributed by atoms with van der Waals surface area (Å²) in [7, 11) is 3.27. The molecule has 8 nitrogen and oxygen atoms in total. The van der Waals surface area contributed by atoms with E-state index in [0.29, 0.717) is 29.4 Å². The Bertz CT molecular complexity index is 1510. The number of nitrogens with one attached hydrogen (secondary N) is 1. The van der Waals surface area contributed by atoms with Gasteiger partial charge in [0.05, 0.1) is 33.0 Å². The van der Waals surface area contributed by atoms with Crippen LogP contribution in [0, 0.1) is 5.41 Å². The zero-order valence-corrected chi connectivity index (χ0v) is 21.1. The molecule has 0 saturated carbocycles. The number of methoxy groups -OCH3 is 2. The van der Waals surface area contributed by atoms with Crippen LogP contribution in [0.2, 0.25) is 0 Å². The predicted octanol–water partition coefficient (Wildman–Crippen LogP) is 4.15. The van der Waals surface area contributed by atoms with Gasteiger partial charge in [0.2, 0.25) is 5.88 Å². The minimum atomic E-state index is -0.263. The number of rotatable bonds is 6. The van der Waals surface area contributed by atoms with E-state index in [9.17, 15) is 5.41 Å². The fourth-order valence-corrected chi connectivity index (χ4v) is 5.37. The molecule has 3 aromatic carbocycles. The van der Waals surface area contributed by atoms with Crippen LogP contribution in [0.25, 0.3) is 10.8 Å². The fraction of sp³-hybridized carbons (Fsp3) is 0.310. The van der Waals surface area contributed by atoms with E-state index in [-0.39, 0.29) is 5.92 Å². The predicted molar refractivity (Wildman–Crippen MR) is 140 cm³/mol. The van der Waals surface area contributed by atoms with Gasteiger partial charge in [-0.05, 0) is 34.5 Å². The number of aromatic nitrogens is 2. The van der Waals surface area contributed by atoms with Crippen LogP contribution in [-0.2, 0) is 11.3 Å². The second-order valence-corrected chi connectivity index (χ2v) is 9.31. The Hall–Kier alpha value is -3.88. The molecule has 1 fully saturated rings. The summed E-state index contributed by atoms with van der Waals surface area (Å²) >= 11 is 0. The topological polar surface area (TPSA) is 81.8 Å². The van der Waals surface area contributed by atoms with E-state index in [1.165, 1.54) is 0 Å². The van der Waals surface area contributed by atoms with Crippen LogP contribution in [0.1, 0.15) is 22.6 Å². The Morgan fingerprint density at radius 2 is 1.76 bits per heavy atom. The summed E-state index contributed by atoms with van der Waals surface area (Å²) in [5, 5.41) is 11.5. The van der Waals surface area contributed by atoms with Gasteiger partial charge in [0, 0.05) is 37.7 Å². The van der Waals surface area contributed by atoms with Crippen LogP contribution >= 0.6 is 0 Å². The highest BCUT2D eigenvalue weighted by Crippen LogP contribution is 2.49. The zero-order valence-electron chi connectivity index (χ0n) is 21.1. The van der Waals surface area contributed by atoms with Crippen LogP contribution in [0.3, 0.4) is 0 Å². The van der Waals surface area contributed by atoms with Crippen LogP contribution in [0.5, 0.6) is 23.1 Å². The molecule has 2 aliphatic rings. The summed E-state index contributed by atoms with van der Waals surface area (Å²) in [6.07, 6.45) is 1.72. The molecule has 0 bridgehead atoms. The first-order valence-electron chi connectivity index (χ1n) is 12.5. The summed E-state index contributed by atoms with van der Waals surface area (Å²) in [5.41, 5.74) is 3.16. The number of morpholine rings is 1. The molecule has 1 atom stereocenters. The van der Waals surface area contributed by atoms with Gasteiger partial charge in [0.25, 0.3) is 0 Å². The van der Waals surface area contributed by atoms with Crippen molar-refractivity contribution in [3.05, 3.63) is 83.1 Å². The lowest BCUT2D eigenvalue weighted by Gasteiger charge is -2.30. The van der Waals surface area contributed by atoms with Gasteiger partial charge >= 0.3 is 0 Å². The molecule has 1 N–H and O–H groups in total. The van der Waals surface area contributed by atoms with E-state index in [1.54, 1.807) is 20.5 Å². The van der Waals surface area contributed by atoms with Gasteiger partial charge in [0.15, 0.2) is 11.5 Å². The van der Waals surface area contributed by atoms with Crippen LogP contribution < -0.4 is 19.7 Å². The number of benzene rings is 3. The lowest BCUT2D eigenvalue weighted by Crippen LogP contribution is -2.40. The molecule has 0 unspecified atom stereocenters. The molecule has 0 radical (unpaired) electrons. The highest BCUT2D eigenvalue weighted by atomic mass is 16.5. The number of fused-ring (bicyclic) bond motifs is 4.